The number of hydrogen-bond donors (Lipinski definition) is 0. The summed E-state index contributed by atoms with van der Waals surface area (Å²) in [7, 11) is 1.69. The molecule has 3 heteroatoms. The summed E-state index contributed by atoms with van der Waals surface area (Å²) in [5, 5.41) is 0. The summed E-state index contributed by atoms with van der Waals surface area (Å²) in [6.45, 7) is 4.30. The van der Waals surface area contributed by atoms with Gasteiger partial charge in [-0.25, -0.2) is 0 Å². The number of ether oxygens (including phenoxy) is 1. The molecule has 1 aromatic carbocycles. The van der Waals surface area contributed by atoms with Crippen LogP contribution in [0.1, 0.15) is 25.3 Å². The highest BCUT2D eigenvalue weighted by molar-refractivity contribution is 9.11. The second-order valence-corrected chi connectivity index (χ2v) is 4.93. The van der Waals surface area contributed by atoms with Crippen LogP contribution in [0.2, 0.25) is 0 Å². The molecule has 0 N–H and O–H groups in total. The Bertz CT molecular complexity index is 308. The van der Waals surface area contributed by atoms with E-state index in [9.17, 15) is 0 Å². The summed E-state index contributed by atoms with van der Waals surface area (Å²) in [4.78, 5) is 0. The molecule has 0 radical (unpaired) electrons. The third-order valence-corrected chi connectivity index (χ3v) is 2.91. The third-order valence-electron chi connectivity index (χ3n) is 1.86. The molecule has 13 heavy (non-hydrogen) atoms. The Balaban J connectivity index is 3.29. The first-order chi connectivity index (χ1) is 6.06. The molecule has 0 aliphatic heterocycles. The maximum absolute atomic E-state index is 5.32. The van der Waals surface area contributed by atoms with E-state index in [1.807, 2.05) is 6.07 Å². The minimum Gasteiger partial charge on any atom is -0.495 e. The number of methoxy groups -OCH3 is 1. The van der Waals surface area contributed by atoms with Crippen molar-refractivity contribution in [2.24, 2.45) is 0 Å². The molecule has 1 aromatic rings. The predicted molar refractivity (Wildman–Crippen MR) is 62.5 cm³/mol. The molecular weight excluding hydrogens is 296 g/mol. The van der Waals surface area contributed by atoms with Gasteiger partial charge >= 0.3 is 0 Å². The van der Waals surface area contributed by atoms with E-state index >= 15 is 0 Å². The molecule has 0 aliphatic rings. The second-order valence-electron chi connectivity index (χ2n) is 3.16. The zero-order valence-corrected chi connectivity index (χ0v) is 11.1. The van der Waals surface area contributed by atoms with Gasteiger partial charge in [0.15, 0.2) is 0 Å². The minimum atomic E-state index is 0.462. The molecule has 0 atom stereocenters. The van der Waals surface area contributed by atoms with Crippen LogP contribution in [-0.4, -0.2) is 7.11 Å². The molecule has 0 saturated heterocycles. The molecule has 0 unspecified atom stereocenters. The van der Waals surface area contributed by atoms with E-state index in [0.29, 0.717) is 5.92 Å². The van der Waals surface area contributed by atoms with Crippen LogP contribution in [0, 0.1) is 0 Å². The van der Waals surface area contributed by atoms with Gasteiger partial charge in [-0.3, -0.25) is 0 Å². The van der Waals surface area contributed by atoms with Gasteiger partial charge in [-0.2, -0.15) is 0 Å². The topological polar surface area (TPSA) is 9.23 Å². The lowest BCUT2D eigenvalue weighted by molar-refractivity contribution is 0.404. The largest absolute Gasteiger partial charge is 0.495 e. The molecule has 72 valence electrons. The van der Waals surface area contributed by atoms with E-state index < -0.39 is 0 Å². The summed E-state index contributed by atoms with van der Waals surface area (Å²) < 4.78 is 7.39. The molecule has 0 spiro atoms. The van der Waals surface area contributed by atoms with Gasteiger partial charge < -0.3 is 4.74 Å². The molecular formula is C10H12Br2O. The van der Waals surface area contributed by atoms with Crippen molar-refractivity contribution in [1.82, 2.24) is 0 Å². The Morgan fingerprint density at radius 3 is 2.31 bits per heavy atom. The smallest absolute Gasteiger partial charge is 0.136 e. The summed E-state index contributed by atoms with van der Waals surface area (Å²) in [5.41, 5.74) is 1.21. The second kappa shape index (κ2) is 4.47. The highest BCUT2D eigenvalue weighted by Gasteiger charge is 2.11. The maximum atomic E-state index is 5.32. The van der Waals surface area contributed by atoms with Crippen molar-refractivity contribution in [2.75, 3.05) is 7.11 Å². The Hall–Kier alpha value is -0.0200. The maximum Gasteiger partial charge on any atom is 0.136 e. The number of benzene rings is 1. The normalized spacial score (nSPS) is 10.6. The first-order valence-electron chi connectivity index (χ1n) is 4.09. The van der Waals surface area contributed by atoms with E-state index in [1.54, 1.807) is 7.11 Å². The molecule has 0 amide bonds. The van der Waals surface area contributed by atoms with Crippen molar-refractivity contribution in [1.29, 1.82) is 0 Å². The van der Waals surface area contributed by atoms with Gasteiger partial charge in [0.05, 0.1) is 11.6 Å². The van der Waals surface area contributed by atoms with Gasteiger partial charge in [0.2, 0.25) is 0 Å². The summed E-state index contributed by atoms with van der Waals surface area (Å²) >= 11 is 6.93. The fraction of sp³-hybridized carbons (Fsp3) is 0.400. The molecule has 0 bridgehead atoms. The van der Waals surface area contributed by atoms with Crippen LogP contribution in [0.25, 0.3) is 0 Å². The standard InChI is InChI=1S/C10H12Br2O/c1-6(2)8-4-7(11)5-9(12)10(8)13-3/h4-6H,1-3H3. The Morgan fingerprint density at radius 2 is 1.85 bits per heavy atom. The first kappa shape index (κ1) is 11.1. The minimum absolute atomic E-state index is 0.462. The van der Waals surface area contributed by atoms with Gasteiger partial charge in [-0.05, 0) is 39.5 Å². The highest BCUT2D eigenvalue weighted by atomic mass is 79.9. The van der Waals surface area contributed by atoms with Crippen molar-refractivity contribution >= 4 is 31.9 Å². The van der Waals surface area contributed by atoms with Gasteiger partial charge in [0.1, 0.15) is 5.75 Å². The monoisotopic (exact) mass is 306 g/mol. The van der Waals surface area contributed by atoms with E-state index in [-0.39, 0.29) is 0 Å². The average molecular weight is 308 g/mol. The lowest BCUT2D eigenvalue weighted by atomic mass is 10.0. The van der Waals surface area contributed by atoms with E-state index in [0.717, 1.165) is 14.7 Å². The zero-order valence-electron chi connectivity index (χ0n) is 7.90. The highest BCUT2D eigenvalue weighted by Crippen LogP contribution is 2.36. The Morgan fingerprint density at radius 1 is 1.23 bits per heavy atom. The zero-order chi connectivity index (χ0) is 10.0. The molecule has 0 fully saturated rings. The van der Waals surface area contributed by atoms with Crippen molar-refractivity contribution in [3.05, 3.63) is 26.6 Å². The summed E-state index contributed by atoms with van der Waals surface area (Å²) in [5.74, 6) is 1.39. The van der Waals surface area contributed by atoms with Crippen molar-refractivity contribution in [3.63, 3.8) is 0 Å². The van der Waals surface area contributed by atoms with Crippen LogP contribution in [0.4, 0.5) is 0 Å². The summed E-state index contributed by atoms with van der Waals surface area (Å²) in [6.07, 6.45) is 0. The van der Waals surface area contributed by atoms with Crippen LogP contribution < -0.4 is 4.74 Å². The van der Waals surface area contributed by atoms with Crippen LogP contribution in [-0.2, 0) is 0 Å². The van der Waals surface area contributed by atoms with Crippen LogP contribution in [0.3, 0.4) is 0 Å². The molecule has 0 aliphatic carbocycles. The molecule has 0 saturated carbocycles. The Kier molecular flexibility index (Phi) is 3.80. The molecule has 0 heterocycles. The predicted octanol–water partition coefficient (Wildman–Crippen LogP) is 4.34. The van der Waals surface area contributed by atoms with Gasteiger partial charge in [0.25, 0.3) is 0 Å². The quantitative estimate of drug-likeness (QED) is 0.789. The fourth-order valence-corrected chi connectivity index (χ4v) is 2.64. The van der Waals surface area contributed by atoms with E-state index in [4.69, 9.17) is 4.74 Å². The molecule has 1 rings (SSSR count). The average Bonchev–Trinajstić information content (AvgIpc) is 2.02. The number of halogens is 2. The number of rotatable bonds is 2. The van der Waals surface area contributed by atoms with Gasteiger partial charge in [-0.15, -0.1) is 0 Å². The lowest BCUT2D eigenvalue weighted by Crippen LogP contribution is -1.95. The van der Waals surface area contributed by atoms with Gasteiger partial charge in [0, 0.05) is 4.47 Å². The van der Waals surface area contributed by atoms with Crippen molar-refractivity contribution in [2.45, 2.75) is 19.8 Å². The van der Waals surface area contributed by atoms with E-state index in [1.165, 1.54) is 5.56 Å². The molecule has 1 nitrogen and oxygen atoms in total. The lowest BCUT2D eigenvalue weighted by Gasteiger charge is -2.13. The first-order valence-corrected chi connectivity index (χ1v) is 5.67. The SMILES string of the molecule is COc1c(Br)cc(Br)cc1C(C)C. The van der Waals surface area contributed by atoms with Gasteiger partial charge in [-0.1, -0.05) is 29.8 Å². The van der Waals surface area contributed by atoms with Crippen molar-refractivity contribution < 1.29 is 4.74 Å². The van der Waals surface area contributed by atoms with Crippen LogP contribution in [0.5, 0.6) is 5.75 Å². The van der Waals surface area contributed by atoms with Crippen LogP contribution >= 0.6 is 31.9 Å². The third kappa shape index (κ3) is 2.47. The fourth-order valence-electron chi connectivity index (χ4n) is 1.22. The molecule has 0 aromatic heterocycles. The van der Waals surface area contributed by atoms with E-state index in [2.05, 4.69) is 51.8 Å². The van der Waals surface area contributed by atoms with Crippen LogP contribution in [0.15, 0.2) is 21.1 Å². The Labute approximate surface area is 95.7 Å². The van der Waals surface area contributed by atoms with Crippen molar-refractivity contribution in [3.8, 4) is 5.75 Å². The number of hydrogen-bond acceptors (Lipinski definition) is 1. The summed E-state index contributed by atoms with van der Waals surface area (Å²) in [6, 6.07) is 4.08.